The highest BCUT2D eigenvalue weighted by Crippen LogP contribution is 1.88. The van der Waals surface area contributed by atoms with Crippen molar-refractivity contribution >= 4 is 29.3 Å². The Kier molecular flexibility index (Phi) is 4.18. The maximum Gasteiger partial charge on any atom is 0.199 e. The van der Waals surface area contributed by atoms with Gasteiger partial charge in [-0.15, -0.1) is 12.4 Å². The number of aliphatic imine (C=N–C) groups is 1. The molecular weight excluding hydrogens is 159 g/mol. The van der Waals surface area contributed by atoms with Crippen LogP contribution in [0.15, 0.2) is 29.5 Å². The number of rotatable bonds is 0. The van der Waals surface area contributed by atoms with Gasteiger partial charge >= 0.3 is 0 Å². The molecule has 4 heteroatoms. The zero-order valence-electron chi connectivity index (χ0n) is 4.54. The summed E-state index contributed by atoms with van der Waals surface area (Å²) in [5, 5.41) is 3.11. The van der Waals surface area contributed by atoms with E-state index in [-0.39, 0.29) is 12.4 Å². The number of hydrogen-bond donors (Lipinski definition) is 1. The van der Waals surface area contributed by atoms with Crippen molar-refractivity contribution in [3.63, 3.8) is 0 Å². The van der Waals surface area contributed by atoms with Crippen molar-refractivity contribution in [2.45, 2.75) is 0 Å². The highest BCUT2D eigenvalue weighted by molar-refractivity contribution is 6.64. The molecule has 0 unspecified atom stereocenters. The SMILES string of the molecule is Cl.ClC1=NC=CC=CN1. The third kappa shape index (κ3) is 3.16. The molecule has 1 N–H and O–H groups in total. The first-order chi connectivity index (χ1) is 3.89. The summed E-state index contributed by atoms with van der Waals surface area (Å²) < 4.78 is 0. The molecule has 1 rings (SSSR count). The van der Waals surface area contributed by atoms with Gasteiger partial charge in [0.1, 0.15) is 0 Å². The van der Waals surface area contributed by atoms with E-state index >= 15 is 0 Å². The fourth-order valence-electron chi connectivity index (χ4n) is 0.368. The monoisotopic (exact) mass is 164 g/mol. The van der Waals surface area contributed by atoms with E-state index in [0.29, 0.717) is 5.29 Å². The molecule has 2 nitrogen and oxygen atoms in total. The molecule has 0 fully saturated rings. The summed E-state index contributed by atoms with van der Waals surface area (Å²) in [6.07, 6.45) is 6.95. The topological polar surface area (TPSA) is 24.4 Å². The van der Waals surface area contributed by atoms with Crippen molar-refractivity contribution in [1.82, 2.24) is 5.32 Å². The van der Waals surface area contributed by atoms with Crippen molar-refractivity contribution in [3.8, 4) is 0 Å². The number of hydrogen-bond acceptors (Lipinski definition) is 2. The molecule has 0 aromatic heterocycles. The normalized spacial score (nSPS) is 15.0. The Morgan fingerprint density at radius 3 is 3.00 bits per heavy atom. The first-order valence-electron chi connectivity index (χ1n) is 2.21. The molecule has 0 spiro atoms. The Morgan fingerprint density at radius 2 is 2.22 bits per heavy atom. The maximum absolute atomic E-state index is 5.46. The standard InChI is InChI=1S/C5H5ClN2.ClH/c6-5-7-3-1-2-4-8-5;/h1-4H,(H,7,8);1H. The van der Waals surface area contributed by atoms with Crippen LogP contribution in [0, 0.1) is 0 Å². The van der Waals surface area contributed by atoms with Crippen molar-refractivity contribution < 1.29 is 0 Å². The Balaban J connectivity index is 0.000000640. The molecule has 50 valence electrons. The van der Waals surface area contributed by atoms with Crippen LogP contribution in [-0.2, 0) is 0 Å². The first-order valence-corrected chi connectivity index (χ1v) is 2.59. The number of nitrogens with one attached hydrogen (secondary N) is 1. The minimum absolute atomic E-state index is 0. The average molecular weight is 165 g/mol. The largest absolute Gasteiger partial charge is 0.337 e. The zero-order valence-corrected chi connectivity index (χ0v) is 6.12. The highest BCUT2D eigenvalue weighted by atomic mass is 35.5. The van der Waals surface area contributed by atoms with Gasteiger partial charge in [-0.1, -0.05) is 0 Å². The zero-order chi connectivity index (χ0) is 5.82. The van der Waals surface area contributed by atoms with E-state index in [0.717, 1.165) is 0 Å². The second-order valence-electron chi connectivity index (χ2n) is 1.26. The minimum atomic E-state index is 0. The number of nitrogens with zero attached hydrogens (tertiary/aromatic N) is 1. The molecule has 0 saturated carbocycles. The van der Waals surface area contributed by atoms with Gasteiger partial charge in [0.15, 0.2) is 5.29 Å². The van der Waals surface area contributed by atoms with Crippen LogP contribution in [0.4, 0.5) is 0 Å². The maximum atomic E-state index is 5.46. The molecule has 0 radical (unpaired) electrons. The lowest BCUT2D eigenvalue weighted by molar-refractivity contribution is 1.30. The van der Waals surface area contributed by atoms with Gasteiger partial charge in [0.2, 0.25) is 0 Å². The van der Waals surface area contributed by atoms with Crippen LogP contribution < -0.4 is 5.32 Å². The smallest absolute Gasteiger partial charge is 0.199 e. The van der Waals surface area contributed by atoms with Gasteiger partial charge in [0.25, 0.3) is 0 Å². The van der Waals surface area contributed by atoms with E-state index in [1.54, 1.807) is 18.5 Å². The lowest BCUT2D eigenvalue weighted by Gasteiger charge is -1.88. The fraction of sp³-hybridized carbons (Fsp3) is 0. The molecule has 0 bridgehead atoms. The van der Waals surface area contributed by atoms with Crippen LogP contribution in [0.25, 0.3) is 0 Å². The number of amidine groups is 1. The number of halogens is 2. The van der Waals surface area contributed by atoms with Crippen LogP contribution in [-0.4, -0.2) is 5.29 Å². The summed E-state index contributed by atoms with van der Waals surface area (Å²) in [5.41, 5.74) is 0. The molecule has 0 atom stereocenters. The second kappa shape index (κ2) is 4.41. The van der Waals surface area contributed by atoms with Gasteiger partial charge in [-0.3, -0.25) is 0 Å². The first kappa shape index (κ1) is 8.53. The van der Waals surface area contributed by atoms with Crippen molar-refractivity contribution in [1.29, 1.82) is 0 Å². The molecule has 0 aromatic rings. The summed E-state index contributed by atoms with van der Waals surface area (Å²) in [5.74, 6) is 0. The summed E-state index contributed by atoms with van der Waals surface area (Å²) in [6.45, 7) is 0. The van der Waals surface area contributed by atoms with Crippen LogP contribution in [0.5, 0.6) is 0 Å². The molecule has 1 aliphatic rings. The molecule has 0 amide bonds. The van der Waals surface area contributed by atoms with E-state index < -0.39 is 0 Å². The average Bonchev–Trinajstić information content (AvgIpc) is 1.94. The molecule has 1 aliphatic heterocycles. The summed E-state index contributed by atoms with van der Waals surface area (Å²) in [4.78, 5) is 3.75. The van der Waals surface area contributed by atoms with Crippen molar-refractivity contribution in [2.24, 2.45) is 4.99 Å². The molecular formula is C5H6Cl2N2. The van der Waals surface area contributed by atoms with Crippen molar-refractivity contribution in [3.05, 3.63) is 24.6 Å². The van der Waals surface area contributed by atoms with E-state index in [9.17, 15) is 0 Å². The Morgan fingerprint density at radius 1 is 1.44 bits per heavy atom. The van der Waals surface area contributed by atoms with Crippen LogP contribution in [0.3, 0.4) is 0 Å². The summed E-state index contributed by atoms with van der Waals surface area (Å²) >= 11 is 5.46. The lowest BCUT2D eigenvalue weighted by atomic mass is 10.6. The quantitative estimate of drug-likeness (QED) is 0.542. The molecule has 0 aromatic carbocycles. The van der Waals surface area contributed by atoms with Gasteiger partial charge in [-0.05, 0) is 23.8 Å². The Labute approximate surface area is 64.7 Å². The lowest BCUT2D eigenvalue weighted by Crippen LogP contribution is -2.07. The van der Waals surface area contributed by atoms with Gasteiger partial charge in [-0.25, -0.2) is 4.99 Å². The van der Waals surface area contributed by atoms with E-state index in [1.165, 1.54) is 0 Å². The molecule has 1 heterocycles. The minimum Gasteiger partial charge on any atom is -0.337 e. The molecule has 0 aliphatic carbocycles. The highest BCUT2D eigenvalue weighted by Gasteiger charge is 1.85. The van der Waals surface area contributed by atoms with E-state index in [1.807, 2.05) is 6.08 Å². The van der Waals surface area contributed by atoms with Crippen LogP contribution >= 0.6 is 24.0 Å². The third-order valence-electron chi connectivity index (χ3n) is 0.684. The molecule has 9 heavy (non-hydrogen) atoms. The predicted octanol–water partition coefficient (Wildman–Crippen LogP) is 1.63. The van der Waals surface area contributed by atoms with E-state index in [2.05, 4.69) is 10.3 Å². The van der Waals surface area contributed by atoms with Crippen LogP contribution in [0.1, 0.15) is 0 Å². The predicted molar refractivity (Wildman–Crippen MR) is 42.0 cm³/mol. The summed E-state index contributed by atoms with van der Waals surface area (Å²) in [6, 6.07) is 0. The van der Waals surface area contributed by atoms with Gasteiger partial charge in [-0.2, -0.15) is 0 Å². The molecule has 0 saturated heterocycles. The summed E-state index contributed by atoms with van der Waals surface area (Å²) in [7, 11) is 0. The fourth-order valence-corrected chi connectivity index (χ4v) is 0.487. The van der Waals surface area contributed by atoms with Gasteiger partial charge < -0.3 is 5.32 Å². The third-order valence-corrected chi connectivity index (χ3v) is 0.890. The van der Waals surface area contributed by atoms with Gasteiger partial charge in [0, 0.05) is 12.4 Å². The Hall–Kier alpha value is -0.470. The van der Waals surface area contributed by atoms with E-state index in [4.69, 9.17) is 11.6 Å². The van der Waals surface area contributed by atoms with Crippen LogP contribution in [0.2, 0.25) is 0 Å². The Bertz CT molecular complexity index is 160. The number of allylic oxidation sites excluding steroid dienone is 2. The van der Waals surface area contributed by atoms with Crippen molar-refractivity contribution in [2.75, 3.05) is 0 Å². The van der Waals surface area contributed by atoms with Gasteiger partial charge in [0.05, 0.1) is 0 Å². The second-order valence-corrected chi connectivity index (χ2v) is 1.62.